The number of rotatable bonds is 8. The highest BCUT2D eigenvalue weighted by molar-refractivity contribution is 5.43. The van der Waals surface area contributed by atoms with E-state index in [1.54, 1.807) is 14.2 Å². The van der Waals surface area contributed by atoms with Gasteiger partial charge >= 0.3 is 0 Å². The number of ether oxygens (including phenoxy) is 2. The van der Waals surface area contributed by atoms with E-state index in [0.29, 0.717) is 12.1 Å². The lowest BCUT2D eigenvalue weighted by Crippen LogP contribution is -2.29. The van der Waals surface area contributed by atoms with Crippen LogP contribution in [0.4, 0.5) is 0 Å². The average Bonchev–Trinajstić information content (AvgIpc) is 2.44. The van der Waals surface area contributed by atoms with E-state index in [9.17, 15) is 0 Å². The standard InChI is InChI=1S/C17H29NO2/c1-12(2)7-8-13(3)18-14(4)15-9-10-16(19-5)17(11-15)20-6/h9-14,18H,7-8H2,1-6H3. The maximum Gasteiger partial charge on any atom is 0.161 e. The third kappa shape index (κ3) is 5.04. The van der Waals surface area contributed by atoms with Crippen molar-refractivity contribution in [2.45, 2.75) is 52.6 Å². The van der Waals surface area contributed by atoms with Crippen molar-refractivity contribution < 1.29 is 9.47 Å². The van der Waals surface area contributed by atoms with Crippen LogP contribution in [0, 0.1) is 5.92 Å². The maximum atomic E-state index is 5.36. The summed E-state index contributed by atoms with van der Waals surface area (Å²) in [7, 11) is 3.33. The third-order valence-corrected chi connectivity index (χ3v) is 3.62. The van der Waals surface area contributed by atoms with Crippen LogP contribution in [0.2, 0.25) is 0 Å². The van der Waals surface area contributed by atoms with Gasteiger partial charge in [0, 0.05) is 12.1 Å². The molecule has 0 spiro atoms. The maximum absolute atomic E-state index is 5.36. The molecule has 0 amide bonds. The fourth-order valence-electron chi connectivity index (χ4n) is 2.31. The zero-order chi connectivity index (χ0) is 15.1. The van der Waals surface area contributed by atoms with Gasteiger partial charge in [-0.2, -0.15) is 0 Å². The minimum absolute atomic E-state index is 0.303. The van der Waals surface area contributed by atoms with Gasteiger partial charge in [-0.15, -0.1) is 0 Å². The van der Waals surface area contributed by atoms with Crippen molar-refractivity contribution in [1.29, 1.82) is 0 Å². The van der Waals surface area contributed by atoms with Crippen LogP contribution in [0.25, 0.3) is 0 Å². The molecule has 3 nitrogen and oxygen atoms in total. The van der Waals surface area contributed by atoms with Gasteiger partial charge in [-0.3, -0.25) is 0 Å². The Kier molecular flexibility index (Phi) is 6.86. The van der Waals surface area contributed by atoms with Gasteiger partial charge in [0.1, 0.15) is 0 Å². The molecule has 20 heavy (non-hydrogen) atoms. The minimum atomic E-state index is 0.303. The Hall–Kier alpha value is -1.22. The Morgan fingerprint density at radius 2 is 1.60 bits per heavy atom. The van der Waals surface area contributed by atoms with Gasteiger partial charge in [-0.05, 0) is 50.3 Å². The Morgan fingerprint density at radius 3 is 2.15 bits per heavy atom. The Bertz CT molecular complexity index is 404. The largest absolute Gasteiger partial charge is 0.493 e. The number of hydrogen-bond acceptors (Lipinski definition) is 3. The van der Waals surface area contributed by atoms with E-state index in [4.69, 9.17) is 9.47 Å². The van der Waals surface area contributed by atoms with Crippen molar-refractivity contribution in [1.82, 2.24) is 5.32 Å². The summed E-state index contributed by atoms with van der Waals surface area (Å²) in [5.41, 5.74) is 1.22. The molecular weight excluding hydrogens is 250 g/mol. The summed E-state index contributed by atoms with van der Waals surface area (Å²) in [6.45, 7) is 8.97. The summed E-state index contributed by atoms with van der Waals surface area (Å²) in [6.07, 6.45) is 2.46. The molecule has 0 saturated heterocycles. The van der Waals surface area contributed by atoms with E-state index >= 15 is 0 Å². The summed E-state index contributed by atoms with van der Waals surface area (Å²) < 4.78 is 10.6. The van der Waals surface area contributed by atoms with Crippen molar-refractivity contribution >= 4 is 0 Å². The second-order valence-corrected chi connectivity index (χ2v) is 5.88. The molecule has 2 atom stereocenters. The first-order valence-corrected chi connectivity index (χ1v) is 7.45. The van der Waals surface area contributed by atoms with E-state index in [1.165, 1.54) is 18.4 Å². The molecule has 3 heteroatoms. The van der Waals surface area contributed by atoms with Crippen molar-refractivity contribution in [3.05, 3.63) is 23.8 Å². The van der Waals surface area contributed by atoms with Crippen LogP contribution in [0.1, 0.15) is 52.1 Å². The van der Waals surface area contributed by atoms with Crippen LogP contribution in [0.15, 0.2) is 18.2 Å². The first-order valence-electron chi connectivity index (χ1n) is 7.45. The van der Waals surface area contributed by atoms with Crippen LogP contribution in [0.3, 0.4) is 0 Å². The van der Waals surface area contributed by atoms with Gasteiger partial charge in [0.15, 0.2) is 11.5 Å². The van der Waals surface area contributed by atoms with Crippen LogP contribution in [-0.2, 0) is 0 Å². The number of methoxy groups -OCH3 is 2. The van der Waals surface area contributed by atoms with Crippen LogP contribution in [-0.4, -0.2) is 20.3 Å². The molecule has 0 heterocycles. The van der Waals surface area contributed by atoms with Crippen LogP contribution in [0.5, 0.6) is 11.5 Å². The molecule has 0 aliphatic rings. The van der Waals surface area contributed by atoms with Gasteiger partial charge < -0.3 is 14.8 Å². The molecule has 0 aliphatic carbocycles. The minimum Gasteiger partial charge on any atom is -0.493 e. The second-order valence-electron chi connectivity index (χ2n) is 5.88. The second kappa shape index (κ2) is 8.15. The summed E-state index contributed by atoms with van der Waals surface area (Å²) in [5, 5.41) is 3.64. The molecule has 0 aliphatic heterocycles. The highest BCUT2D eigenvalue weighted by atomic mass is 16.5. The Balaban J connectivity index is 2.65. The predicted octanol–water partition coefficient (Wildman–Crippen LogP) is 4.18. The molecule has 0 fully saturated rings. The lowest BCUT2D eigenvalue weighted by atomic mass is 10.0. The Labute approximate surface area is 123 Å². The number of nitrogens with one attached hydrogen (secondary N) is 1. The first-order chi connectivity index (χ1) is 9.47. The molecule has 1 aromatic carbocycles. The van der Waals surface area contributed by atoms with E-state index in [1.807, 2.05) is 12.1 Å². The molecule has 2 unspecified atom stereocenters. The van der Waals surface area contributed by atoms with Crippen LogP contribution >= 0.6 is 0 Å². The molecule has 1 aromatic rings. The van der Waals surface area contributed by atoms with Gasteiger partial charge in [-0.25, -0.2) is 0 Å². The summed E-state index contributed by atoms with van der Waals surface area (Å²) in [5.74, 6) is 2.32. The molecule has 0 saturated carbocycles. The first kappa shape index (κ1) is 16.8. The number of hydrogen-bond donors (Lipinski definition) is 1. The van der Waals surface area contributed by atoms with Gasteiger partial charge in [0.25, 0.3) is 0 Å². The van der Waals surface area contributed by atoms with Crippen molar-refractivity contribution in [2.24, 2.45) is 5.92 Å². The molecule has 114 valence electrons. The highest BCUT2D eigenvalue weighted by Crippen LogP contribution is 2.30. The zero-order valence-corrected chi connectivity index (χ0v) is 13.7. The molecule has 0 bridgehead atoms. The summed E-state index contributed by atoms with van der Waals surface area (Å²) in [6, 6.07) is 6.92. The van der Waals surface area contributed by atoms with Gasteiger partial charge in [-0.1, -0.05) is 19.9 Å². The average molecular weight is 279 g/mol. The summed E-state index contributed by atoms with van der Waals surface area (Å²) in [4.78, 5) is 0. The fourth-order valence-corrected chi connectivity index (χ4v) is 2.31. The highest BCUT2D eigenvalue weighted by Gasteiger charge is 2.12. The van der Waals surface area contributed by atoms with Crippen molar-refractivity contribution in [3.8, 4) is 11.5 Å². The monoisotopic (exact) mass is 279 g/mol. The number of benzene rings is 1. The van der Waals surface area contributed by atoms with Gasteiger partial charge in [0.05, 0.1) is 14.2 Å². The lowest BCUT2D eigenvalue weighted by molar-refractivity contribution is 0.353. The fraction of sp³-hybridized carbons (Fsp3) is 0.647. The van der Waals surface area contributed by atoms with Gasteiger partial charge in [0.2, 0.25) is 0 Å². The summed E-state index contributed by atoms with van der Waals surface area (Å²) >= 11 is 0. The Morgan fingerprint density at radius 1 is 0.950 bits per heavy atom. The normalized spacial score (nSPS) is 14.2. The predicted molar refractivity (Wildman–Crippen MR) is 84.6 cm³/mol. The molecule has 1 rings (SSSR count). The topological polar surface area (TPSA) is 30.5 Å². The molecule has 0 aromatic heterocycles. The third-order valence-electron chi connectivity index (χ3n) is 3.62. The van der Waals surface area contributed by atoms with E-state index in [2.05, 4.69) is 39.1 Å². The lowest BCUT2D eigenvalue weighted by Gasteiger charge is -2.22. The SMILES string of the molecule is COc1ccc(C(C)NC(C)CCC(C)C)cc1OC. The molecule has 0 radical (unpaired) electrons. The molecule has 1 N–H and O–H groups in total. The van der Waals surface area contributed by atoms with Crippen molar-refractivity contribution in [2.75, 3.05) is 14.2 Å². The smallest absolute Gasteiger partial charge is 0.161 e. The van der Waals surface area contributed by atoms with Crippen molar-refractivity contribution in [3.63, 3.8) is 0 Å². The van der Waals surface area contributed by atoms with E-state index in [-0.39, 0.29) is 0 Å². The molecular formula is C17H29NO2. The van der Waals surface area contributed by atoms with E-state index < -0.39 is 0 Å². The zero-order valence-electron chi connectivity index (χ0n) is 13.7. The quantitative estimate of drug-likeness (QED) is 0.774. The van der Waals surface area contributed by atoms with E-state index in [0.717, 1.165) is 17.4 Å². The van der Waals surface area contributed by atoms with Crippen LogP contribution < -0.4 is 14.8 Å².